The van der Waals surface area contributed by atoms with Crippen LogP contribution in [0.1, 0.15) is 5.56 Å². The number of nitrogens with zero attached hydrogens (tertiary/aromatic N) is 1. The Morgan fingerprint density at radius 1 is 1.20 bits per heavy atom. The van der Waals surface area contributed by atoms with E-state index in [4.69, 9.17) is 0 Å². The SMILES string of the molecule is CNc1ccc(S(=O)(=O)Nc2cc(Br)ccc2C)cn1. The summed E-state index contributed by atoms with van der Waals surface area (Å²) in [6.45, 7) is 1.84. The molecule has 106 valence electrons. The van der Waals surface area contributed by atoms with Gasteiger partial charge in [-0.15, -0.1) is 0 Å². The number of benzene rings is 1. The van der Waals surface area contributed by atoms with Crippen molar-refractivity contribution in [2.24, 2.45) is 0 Å². The van der Waals surface area contributed by atoms with Crippen LogP contribution in [0.3, 0.4) is 0 Å². The van der Waals surface area contributed by atoms with Gasteiger partial charge in [0, 0.05) is 17.7 Å². The number of aromatic nitrogens is 1. The minimum absolute atomic E-state index is 0.121. The summed E-state index contributed by atoms with van der Waals surface area (Å²) < 4.78 is 27.9. The molecule has 0 atom stereocenters. The van der Waals surface area contributed by atoms with Crippen LogP contribution in [0.5, 0.6) is 0 Å². The van der Waals surface area contributed by atoms with Crippen LogP contribution in [0.15, 0.2) is 45.9 Å². The highest BCUT2D eigenvalue weighted by Gasteiger charge is 2.15. The second-order valence-electron chi connectivity index (χ2n) is 4.19. The summed E-state index contributed by atoms with van der Waals surface area (Å²) >= 11 is 3.32. The normalized spacial score (nSPS) is 11.2. The third-order valence-electron chi connectivity index (χ3n) is 2.75. The van der Waals surface area contributed by atoms with Crippen LogP contribution in [-0.2, 0) is 10.0 Å². The molecule has 1 heterocycles. The fourth-order valence-corrected chi connectivity index (χ4v) is 3.02. The number of aryl methyl sites for hydroxylation is 1. The van der Waals surface area contributed by atoms with E-state index in [0.717, 1.165) is 10.0 Å². The van der Waals surface area contributed by atoms with Crippen LogP contribution in [0.4, 0.5) is 11.5 Å². The lowest BCUT2D eigenvalue weighted by Gasteiger charge is -2.11. The van der Waals surface area contributed by atoms with Crippen molar-refractivity contribution in [3.63, 3.8) is 0 Å². The van der Waals surface area contributed by atoms with Gasteiger partial charge in [-0.25, -0.2) is 13.4 Å². The van der Waals surface area contributed by atoms with Crippen molar-refractivity contribution in [1.82, 2.24) is 4.98 Å². The van der Waals surface area contributed by atoms with E-state index in [1.807, 2.05) is 19.1 Å². The standard InChI is InChI=1S/C13H14BrN3O2S/c1-9-3-4-10(14)7-12(9)17-20(18,19)11-5-6-13(15-2)16-8-11/h3-8,17H,1-2H3,(H,15,16). The fraction of sp³-hybridized carbons (Fsp3) is 0.154. The Morgan fingerprint density at radius 3 is 2.55 bits per heavy atom. The van der Waals surface area contributed by atoms with Crippen LogP contribution >= 0.6 is 15.9 Å². The Hall–Kier alpha value is -1.60. The molecule has 0 aliphatic rings. The Morgan fingerprint density at radius 2 is 1.95 bits per heavy atom. The summed E-state index contributed by atoms with van der Waals surface area (Å²) in [6, 6.07) is 8.54. The molecular formula is C13H14BrN3O2S. The number of hydrogen-bond acceptors (Lipinski definition) is 4. The number of hydrogen-bond donors (Lipinski definition) is 2. The van der Waals surface area contributed by atoms with Crippen molar-refractivity contribution in [2.45, 2.75) is 11.8 Å². The smallest absolute Gasteiger partial charge is 0.263 e. The molecule has 2 rings (SSSR count). The number of pyridine rings is 1. The van der Waals surface area contributed by atoms with Crippen molar-refractivity contribution in [3.05, 3.63) is 46.6 Å². The molecule has 0 fully saturated rings. The van der Waals surface area contributed by atoms with Crippen LogP contribution in [0, 0.1) is 6.92 Å². The molecular weight excluding hydrogens is 342 g/mol. The molecule has 0 saturated carbocycles. The first-order valence-corrected chi connectivity index (χ1v) is 8.13. The first-order chi connectivity index (χ1) is 9.42. The molecule has 0 aliphatic carbocycles. The summed E-state index contributed by atoms with van der Waals surface area (Å²) in [4.78, 5) is 4.13. The van der Waals surface area contributed by atoms with Gasteiger partial charge in [-0.1, -0.05) is 22.0 Å². The zero-order valence-electron chi connectivity index (χ0n) is 11.0. The van der Waals surface area contributed by atoms with Crippen LogP contribution in [-0.4, -0.2) is 20.4 Å². The molecule has 1 aromatic heterocycles. The van der Waals surface area contributed by atoms with E-state index >= 15 is 0 Å². The molecule has 0 saturated heterocycles. The van der Waals surface area contributed by atoms with E-state index in [2.05, 4.69) is 31.0 Å². The molecule has 0 radical (unpaired) electrons. The first kappa shape index (κ1) is 14.8. The van der Waals surface area contributed by atoms with Crippen molar-refractivity contribution in [3.8, 4) is 0 Å². The average molecular weight is 356 g/mol. The van der Waals surface area contributed by atoms with Gasteiger partial charge >= 0.3 is 0 Å². The largest absolute Gasteiger partial charge is 0.373 e. The molecule has 2 aromatic rings. The molecule has 0 aliphatic heterocycles. The van der Waals surface area contributed by atoms with E-state index in [1.165, 1.54) is 12.3 Å². The monoisotopic (exact) mass is 355 g/mol. The van der Waals surface area contributed by atoms with E-state index in [0.29, 0.717) is 11.5 Å². The Balaban J connectivity index is 2.32. The lowest BCUT2D eigenvalue weighted by atomic mass is 10.2. The highest BCUT2D eigenvalue weighted by molar-refractivity contribution is 9.10. The molecule has 0 spiro atoms. The Labute approximate surface area is 126 Å². The molecule has 5 nitrogen and oxygen atoms in total. The Kier molecular flexibility index (Phi) is 4.29. The molecule has 7 heteroatoms. The van der Waals surface area contributed by atoms with Crippen LogP contribution < -0.4 is 10.0 Å². The van der Waals surface area contributed by atoms with Gasteiger partial charge < -0.3 is 5.32 Å². The van der Waals surface area contributed by atoms with E-state index in [9.17, 15) is 8.42 Å². The Bertz CT molecular complexity index is 715. The van der Waals surface area contributed by atoms with Crippen molar-refractivity contribution in [1.29, 1.82) is 0 Å². The summed E-state index contributed by atoms with van der Waals surface area (Å²) in [5.41, 5.74) is 1.38. The van der Waals surface area contributed by atoms with Gasteiger partial charge in [-0.05, 0) is 36.8 Å². The van der Waals surface area contributed by atoms with Crippen molar-refractivity contribution in [2.75, 3.05) is 17.1 Å². The topological polar surface area (TPSA) is 71.1 Å². The van der Waals surface area contributed by atoms with Gasteiger partial charge in [0.1, 0.15) is 10.7 Å². The second-order valence-corrected chi connectivity index (χ2v) is 6.79. The average Bonchev–Trinajstić information content (AvgIpc) is 2.43. The molecule has 1 aromatic carbocycles. The summed E-state index contributed by atoms with van der Waals surface area (Å²) in [7, 11) is -1.92. The molecule has 0 unspecified atom stereocenters. The molecule has 0 bridgehead atoms. The first-order valence-electron chi connectivity index (χ1n) is 5.85. The minimum atomic E-state index is -3.64. The van der Waals surface area contributed by atoms with Gasteiger partial charge in [0.05, 0.1) is 5.69 Å². The summed E-state index contributed by atoms with van der Waals surface area (Å²) in [6.07, 6.45) is 1.32. The van der Waals surface area contributed by atoms with Gasteiger partial charge in [-0.3, -0.25) is 4.72 Å². The van der Waals surface area contributed by atoms with E-state index in [1.54, 1.807) is 19.2 Å². The number of anilines is 2. The van der Waals surface area contributed by atoms with Gasteiger partial charge in [0.25, 0.3) is 10.0 Å². The molecule has 2 N–H and O–H groups in total. The third-order valence-corrected chi connectivity index (χ3v) is 4.59. The maximum atomic E-state index is 12.3. The highest BCUT2D eigenvalue weighted by atomic mass is 79.9. The predicted octanol–water partition coefficient (Wildman–Crippen LogP) is 3.00. The number of sulfonamides is 1. The quantitative estimate of drug-likeness (QED) is 0.884. The van der Waals surface area contributed by atoms with E-state index < -0.39 is 10.0 Å². The van der Waals surface area contributed by atoms with Gasteiger partial charge in [0.2, 0.25) is 0 Å². The van der Waals surface area contributed by atoms with Gasteiger partial charge in [0.15, 0.2) is 0 Å². The number of halogens is 1. The number of nitrogens with one attached hydrogen (secondary N) is 2. The number of rotatable bonds is 4. The summed E-state index contributed by atoms with van der Waals surface area (Å²) in [5.74, 6) is 0.614. The van der Waals surface area contributed by atoms with Gasteiger partial charge in [-0.2, -0.15) is 0 Å². The third kappa shape index (κ3) is 3.29. The lowest BCUT2D eigenvalue weighted by Crippen LogP contribution is -2.14. The zero-order valence-corrected chi connectivity index (χ0v) is 13.4. The maximum absolute atomic E-state index is 12.3. The van der Waals surface area contributed by atoms with Crippen LogP contribution in [0.25, 0.3) is 0 Å². The molecule has 0 amide bonds. The second kappa shape index (κ2) is 5.80. The predicted molar refractivity (Wildman–Crippen MR) is 83.5 cm³/mol. The fourth-order valence-electron chi connectivity index (χ4n) is 1.60. The molecule has 20 heavy (non-hydrogen) atoms. The van der Waals surface area contributed by atoms with Crippen molar-refractivity contribution < 1.29 is 8.42 Å². The van der Waals surface area contributed by atoms with Crippen LogP contribution in [0.2, 0.25) is 0 Å². The highest BCUT2D eigenvalue weighted by Crippen LogP contribution is 2.23. The van der Waals surface area contributed by atoms with E-state index in [-0.39, 0.29) is 4.90 Å². The zero-order chi connectivity index (χ0) is 14.8. The maximum Gasteiger partial charge on any atom is 0.263 e. The summed E-state index contributed by atoms with van der Waals surface area (Å²) in [5, 5.41) is 2.84. The lowest BCUT2D eigenvalue weighted by molar-refractivity contribution is 0.601. The van der Waals surface area contributed by atoms with Crippen molar-refractivity contribution >= 4 is 37.5 Å². The minimum Gasteiger partial charge on any atom is -0.373 e.